The summed E-state index contributed by atoms with van der Waals surface area (Å²) in [6.45, 7) is 4.80. The molecule has 5 heteroatoms. The van der Waals surface area contributed by atoms with E-state index in [1.54, 1.807) is 0 Å². The molecule has 1 aromatic heterocycles. The molecule has 0 fully saturated rings. The highest BCUT2D eigenvalue weighted by atomic mass is 16.4. The summed E-state index contributed by atoms with van der Waals surface area (Å²) in [4.78, 5) is 12.2. The van der Waals surface area contributed by atoms with Gasteiger partial charge in [-0.2, -0.15) is 0 Å². The highest BCUT2D eigenvalue weighted by Gasteiger charge is 2.13. The van der Waals surface area contributed by atoms with Gasteiger partial charge in [-0.25, -0.2) is 0 Å². The van der Waals surface area contributed by atoms with Crippen molar-refractivity contribution in [3.8, 4) is 11.5 Å². The molecule has 3 aromatic rings. The third-order valence-electron chi connectivity index (χ3n) is 4.64. The van der Waals surface area contributed by atoms with E-state index in [4.69, 9.17) is 4.42 Å². The number of benzene rings is 2. The lowest BCUT2D eigenvalue weighted by Gasteiger charge is -2.16. The van der Waals surface area contributed by atoms with E-state index < -0.39 is 0 Å². The van der Waals surface area contributed by atoms with Crippen LogP contribution in [-0.4, -0.2) is 22.6 Å². The van der Waals surface area contributed by atoms with Gasteiger partial charge >= 0.3 is 0 Å². The summed E-state index contributed by atoms with van der Waals surface area (Å²) >= 11 is 0. The lowest BCUT2D eigenvalue weighted by Crippen LogP contribution is -2.28. The monoisotopic (exact) mass is 363 g/mol. The zero-order valence-corrected chi connectivity index (χ0v) is 15.8. The highest BCUT2D eigenvalue weighted by molar-refractivity contribution is 5.76. The van der Waals surface area contributed by atoms with Crippen LogP contribution in [0.5, 0.6) is 0 Å². The molecule has 0 aliphatic heterocycles. The lowest BCUT2D eigenvalue weighted by molar-refractivity contribution is -0.121. The SMILES string of the molecule is CCC(CNC(=O)CCc1nnc(-c2ccc(C)cc2)o1)c1ccccc1. The van der Waals surface area contributed by atoms with Crippen molar-refractivity contribution in [3.05, 3.63) is 71.6 Å². The molecule has 27 heavy (non-hydrogen) atoms. The van der Waals surface area contributed by atoms with Crippen molar-refractivity contribution in [2.45, 2.75) is 39.0 Å². The van der Waals surface area contributed by atoms with Crippen LogP contribution in [0.2, 0.25) is 0 Å². The van der Waals surface area contributed by atoms with Crippen molar-refractivity contribution in [3.63, 3.8) is 0 Å². The van der Waals surface area contributed by atoms with Gasteiger partial charge in [0.25, 0.3) is 0 Å². The average molecular weight is 363 g/mol. The highest BCUT2D eigenvalue weighted by Crippen LogP contribution is 2.19. The summed E-state index contributed by atoms with van der Waals surface area (Å²) in [5, 5.41) is 11.1. The Morgan fingerprint density at radius 2 is 1.81 bits per heavy atom. The first-order chi connectivity index (χ1) is 13.2. The molecular weight excluding hydrogens is 338 g/mol. The van der Waals surface area contributed by atoms with Crippen molar-refractivity contribution in [1.82, 2.24) is 15.5 Å². The third kappa shape index (κ3) is 5.26. The Morgan fingerprint density at radius 1 is 1.07 bits per heavy atom. The van der Waals surface area contributed by atoms with Crippen molar-refractivity contribution in [2.24, 2.45) is 0 Å². The van der Waals surface area contributed by atoms with Gasteiger partial charge in [-0.3, -0.25) is 4.79 Å². The second kappa shape index (κ2) is 9.12. The van der Waals surface area contributed by atoms with Gasteiger partial charge in [0, 0.05) is 30.9 Å². The number of hydrogen-bond donors (Lipinski definition) is 1. The minimum Gasteiger partial charge on any atom is -0.421 e. The predicted molar refractivity (Wildman–Crippen MR) is 105 cm³/mol. The Hall–Kier alpha value is -2.95. The average Bonchev–Trinajstić information content (AvgIpc) is 3.17. The lowest BCUT2D eigenvalue weighted by atomic mass is 9.96. The third-order valence-corrected chi connectivity index (χ3v) is 4.64. The van der Waals surface area contributed by atoms with Gasteiger partial charge in [-0.05, 0) is 31.0 Å². The molecule has 0 aliphatic carbocycles. The number of carbonyl (C=O) groups is 1. The van der Waals surface area contributed by atoms with E-state index >= 15 is 0 Å². The van der Waals surface area contributed by atoms with Crippen LogP contribution in [0.3, 0.4) is 0 Å². The van der Waals surface area contributed by atoms with Crippen LogP contribution in [0.1, 0.15) is 42.7 Å². The maximum atomic E-state index is 12.2. The number of nitrogens with one attached hydrogen (secondary N) is 1. The number of aromatic nitrogens is 2. The molecule has 0 saturated heterocycles. The van der Waals surface area contributed by atoms with E-state index in [1.165, 1.54) is 11.1 Å². The molecule has 1 unspecified atom stereocenters. The van der Waals surface area contributed by atoms with Gasteiger partial charge in [0.2, 0.25) is 17.7 Å². The molecule has 2 aromatic carbocycles. The number of aryl methyl sites for hydroxylation is 2. The maximum Gasteiger partial charge on any atom is 0.247 e. The second-order valence-corrected chi connectivity index (χ2v) is 6.69. The molecule has 0 aliphatic rings. The number of amides is 1. The molecule has 1 amide bonds. The van der Waals surface area contributed by atoms with Crippen LogP contribution in [0.4, 0.5) is 0 Å². The van der Waals surface area contributed by atoms with E-state index in [9.17, 15) is 4.79 Å². The van der Waals surface area contributed by atoms with Gasteiger partial charge in [-0.15, -0.1) is 10.2 Å². The van der Waals surface area contributed by atoms with E-state index in [-0.39, 0.29) is 5.91 Å². The molecule has 0 saturated carbocycles. The van der Waals surface area contributed by atoms with Crippen molar-refractivity contribution < 1.29 is 9.21 Å². The zero-order valence-electron chi connectivity index (χ0n) is 15.8. The summed E-state index contributed by atoms with van der Waals surface area (Å²) in [6, 6.07) is 18.2. The molecule has 140 valence electrons. The standard InChI is InChI=1S/C22H25N3O2/c1-3-17(18-7-5-4-6-8-18)15-23-20(26)13-14-21-24-25-22(27-21)19-11-9-16(2)10-12-19/h4-12,17H,3,13-15H2,1-2H3,(H,23,26). The molecule has 0 radical (unpaired) electrons. The van der Waals surface area contributed by atoms with E-state index in [1.807, 2.05) is 49.4 Å². The van der Waals surface area contributed by atoms with E-state index in [0.29, 0.717) is 37.1 Å². The Balaban J connectivity index is 1.48. The van der Waals surface area contributed by atoms with Crippen molar-refractivity contribution in [2.75, 3.05) is 6.54 Å². The van der Waals surface area contributed by atoms with Crippen molar-refractivity contribution in [1.29, 1.82) is 0 Å². The van der Waals surface area contributed by atoms with Gasteiger partial charge in [0.15, 0.2) is 0 Å². The topological polar surface area (TPSA) is 68.0 Å². The molecule has 5 nitrogen and oxygen atoms in total. The van der Waals surface area contributed by atoms with Crippen LogP contribution in [-0.2, 0) is 11.2 Å². The first-order valence-corrected chi connectivity index (χ1v) is 9.36. The second-order valence-electron chi connectivity index (χ2n) is 6.69. The predicted octanol–water partition coefficient (Wildman–Crippen LogP) is 4.29. The number of rotatable bonds is 8. The quantitative estimate of drug-likeness (QED) is 0.648. The minimum absolute atomic E-state index is 0.000493. The molecule has 0 bridgehead atoms. The normalized spacial score (nSPS) is 11.9. The Labute approximate surface area is 159 Å². The first kappa shape index (κ1) is 18.8. The first-order valence-electron chi connectivity index (χ1n) is 9.36. The van der Waals surface area contributed by atoms with Gasteiger partial charge in [0.1, 0.15) is 0 Å². The van der Waals surface area contributed by atoms with Crippen molar-refractivity contribution >= 4 is 5.91 Å². The zero-order chi connectivity index (χ0) is 19.1. The Kier molecular flexibility index (Phi) is 6.36. The fourth-order valence-corrected chi connectivity index (χ4v) is 2.94. The number of nitrogens with zero attached hydrogens (tertiary/aromatic N) is 2. The number of carbonyl (C=O) groups excluding carboxylic acids is 1. The molecular formula is C22H25N3O2. The molecule has 1 heterocycles. The maximum absolute atomic E-state index is 12.2. The summed E-state index contributed by atoms with van der Waals surface area (Å²) in [5.41, 5.74) is 3.31. The summed E-state index contributed by atoms with van der Waals surface area (Å²) in [6.07, 6.45) is 1.75. The van der Waals surface area contributed by atoms with Gasteiger partial charge in [-0.1, -0.05) is 55.0 Å². The van der Waals surface area contributed by atoms with Gasteiger partial charge < -0.3 is 9.73 Å². The molecule has 0 spiro atoms. The minimum atomic E-state index is -0.000493. The van der Waals surface area contributed by atoms with Gasteiger partial charge in [0.05, 0.1) is 0 Å². The summed E-state index contributed by atoms with van der Waals surface area (Å²) < 4.78 is 5.67. The summed E-state index contributed by atoms with van der Waals surface area (Å²) in [5.74, 6) is 1.29. The molecule has 1 N–H and O–H groups in total. The van der Waals surface area contributed by atoms with Crippen LogP contribution in [0.15, 0.2) is 59.0 Å². The fraction of sp³-hybridized carbons (Fsp3) is 0.318. The van der Waals surface area contributed by atoms with Crippen LogP contribution in [0, 0.1) is 6.92 Å². The Morgan fingerprint density at radius 3 is 2.52 bits per heavy atom. The van der Waals surface area contributed by atoms with Crippen LogP contribution < -0.4 is 5.32 Å². The fourth-order valence-electron chi connectivity index (χ4n) is 2.94. The number of hydrogen-bond acceptors (Lipinski definition) is 4. The largest absolute Gasteiger partial charge is 0.421 e. The van der Waals surface area contributed by atoms with Crippen LogP contribution >= 0.6 is 0 Å². The van der Waals surface area contributed by atoms with E-state index in [0.717, 1.165) is 12.0 Å². The smallest absolute Gasteiger partial charge is 0.247 e. The molecule has 1 atom stereocenters. The molecule has 3 rings (SSSR count). The van der Waals surface area contributed by atoms with Crippen LogP contribution in [0.25, 0.3) is 11.5 Å². The van der Waals surface area contributed by atoms with E-state index in [2.05, 4.69) is 34.6 Å². The summed E-state index contributed by atoms with van der Waals surface area (Å²) in [7, 11) is 0. The Bertz CT molecular complexity index is 857.